The Balaban J connectivity index is 5.73. The molecule has 10 nitrogen and oxygen atoms in total. The van der Waals surface area contributed by atoms with Gasteiger partial charge in [-0.3, -0.25) is 14.4 Å². The largest absolute Gasteiger partial charge is 0.394 e. The van der Waals surface area contributed by atoms with Crippen LogP contribution in [0.2, 0.25) is 0 Å². The van der Waals surface area contributed by atoms with Crippen LogP contribution in [0.5, 0.6) is 0 Å². The molecule has 0 spiro atoms. The molecule has 0 bridgehead atoms. The second-order valence-electron chi connectivity index (χ2n) is 6.25. The van der Waals surface area contributed by atoms with Crippen LogP contribution in [-0.4, -0.2) is 81.4 Å². The quantitative estimate of drug-likeness (QED) is 0.121. The minimum atomic E-state index is -2.15. The number of aliphatic hydroxyl groups is 4. The van der Waals surface area contributed by atoms with Gasteiger partial charge in [-0.1, -0.05) is 19.3 Å². The van der Waals surface area contributed by atoms with Gasteiger partial charge in [0, 0.05) is 6.92 Å². The zero-order valence-electron chi connectivity index (χ0n) is 15.1. The minimum Gasteiger partial charge on any atom is -0.394 e. The highest BCUT2D eigenvalue weighted by molar-refractivity contribution is 6.40. The van der Waals surface area contributed by atoms with Crippen molar-refractivity contribution in [2.24, 2.45) is 11.5 Å². The number of hydrogen-bond donors (Lipinski definition) is 7. The van der Waals surface area contributed by atoms with E-state index in [0.29, 0.717) is 19.4 Å². The number of aliphatic hydroxyl groups excluding tert-OH is 4. The van der Waals surface area contributed by atoms with Gasteiger partial charge in [0.25, 0.3) is 0 Å². The van der Waals surface area contributed by atoms with Crippen LogP contribution in [-0.2, 0) is 14.4 Å². The fourth-order valence-corrected chi connectivity index (χ4v) is 2.71. The Labute approximate surface area is 152 Å². The van der Waals surface area contributed by atoms with Crippen LogP contribution in [0.15, 0.2) is 0 Å². The summed E-state index contributed by atoms with van der Waals surface area (Å²) in [6.07, 6.45) is -3.48. The molecule has 0 fully saturated rings. The van der Waals surface area contributed by atoms with Gasteiger partial charge in [0.15, 0.2) is 5.78 Å². The van der Waals surface area contributed by atoms with E-state index in [0.717, 1.165) is 19.8 Å². The van der Waals surface area contributed by atoms with E-state index in [9.17, 15) is 29.7 Å². The van der Waals surface area contributed by atoms with Crippen molar-refractivity contribution in [2.45, 2.75) is 62.9 Å². The Morgan fingerprint density at radius 3 is 2.08 bits per heavy atom. The molecule has 9 N–H and O–H groups in total. The Kier molecular flexibility index (Phi) is 11.4. The SMILES string of the molecule is CC(=O)C(=O)[C@](CCCCCCN)(NC(=O)CN)[C@@H](O)[C@@H](O)[C@H](O)CO. The second kappa shape index (κ2) is 12.0. The van der Waals surface area contributed by atoms with Gasteiger partial charge in [-0.25, -0.2) is 0 Å². The Bertz CT molecular complexity index is 475. The van der Waals surface area contributed by atoms with Crippen LogP contribution in [0.1, 0.15) is 39.0 Å². The molecular formula is C16H31N3O7. The van der Waals surface area contributed by atoms with E-state index in [2.05, 4.69) is 5.32 Å². The summed E-state index contributed by atoms with van der Waals surface area (Å²) >= 11 is 0. The predicted molar refractivity (Wildman–Crippen MR) is 92.9 cm³/mol. The molecule has 0 aliphatic carbocycles. The van der Waals surface area contributed by atoms with Crippen molar-refractivity contribution in [3.63, 3.8) is 0 Å². The van der Waals surface area contributed by atoms with Crippen LogP contribution < -0.4 is 16.8 Å². The summed E-state index contributed by atoms with van der Waals surface area (Å²) in [7, 11) is 0. The number of carbonyl (C=O) groups is 3. The average Bonchev–Trinajstić information content (AvgIpc) is 2.63. The van der Waals surface area contributed by atoms with Gasteiger partial charge in [-0.2, -0.15) is 0 Å². The average molecular weight is 377 g/mol. The number of hydrogen-bond acceptors (Lipinski definition) is 9. The van der Waals surface area contributed by atoms with Crippen molar-refractivity contribution < 1.29 is 34.8 Å². The molecule has 0 rings (SSSR count). The normalized spacial score (nSPS) is 17.0. The van der Waals surface area contributed by atoms with Crippen molar-refractivity contribution in [1.29, 1.82) is 0 Å². The van der Waals surface area contributed by atoms with E-state index in [1.807, 2.05) is 0 Å². The standard InChI is InChI=1S/C16H31N3O7/c1-10(21)14(25)16(19-12(23)8-18,6-4-2-3-5-7-17)15(26)13(24)11(22)9-20/h11,13,15,20,22,24,26H,2-9,17-18H2,1H3,(H,19,23)/t11-,13+,15+,16+/m1/s1. The van der Waals surface area contributed by atoms with Crippen molar-refractivity contribution >= 4 is 17.5 Å². The highest BCUT2D eigenvalue weighted by atomic mass is 16.4. The lowest BCUT2D eigenvalue weighted by Gasteiger charge is -2.39. The van der Waals surface area contributed by atoms with Gasteiger partial charge >= 0.3 is 0 Å². The minimum absolute atomic E-state index is 0.155. The molecule has 0 saturated heterocycles. The third-order valence-corrected chi connectivity index (χ3v) is 4.21. The lowest BCUT2D eigenvalue weighted by atomic mass is 9.77. The number of unbranched alkanes of at least 4 members (excludes halogenated alkanes) is 3. The van der Waals surface area contributed by atoms with Crippen LogP contribution in [0.4, 0.5) is 0 Å². The van der Waals surface area contributed by atoms with E-state index in [1.54, 1.807) is 0 Å². The molecule has 0 aliphatic heterocycles. The molecule has 0 aromatic rings. The number of rotatable bonds is 14. The lowest BCUT2D eigenvalue weighted by molar-refractivity contribution is -0.154. The smallest absolute Gasteiger partial charge is 0.234 e. The number of nitrogens with two attached hydrogens (primary N) is 2. The zero-order chi connectivity index (χ0) is 20.3. The van der Waals surface area contributed by atoms with Crippen molar-refractivity contribution in [1.82, 2.24) is 5.32 Å². The molecular weight excluding hydrogens is 346 g/mol. The molecule has 10 heteroatoms. The first kappa shape index (κ1) is 24.6. The van der Waals surface area contributed by atoms with Gasteiger partial charge in [-0.15, -0.1) is 0 Å². The molecule has 0 unspecified atom stereocenters. The van der Waals surface area contributed by atoms with E-state index < -0.39 is 54.5 Å². The van der Waals surface area contributed by atoms with Crippen molar-refractivity contribution in [3.05, 3.63) is 0 Å². The van der Waals surface area contributed by atoms with Crippen molar-refractivity contribution in [2.75, 3.05) is 19.7 Å². The summed E-state index contributed by atoms with van der Waals surface area (Å²) in [6, 6.07) is 0. The lowest BCUT2D eigenvalue weighted by Crippen LogP contribution is -2.68. The van der Waals surface area contributed by atoms with E-state index in [4.69, 9.17) is 16.6 Å². The molecule has 0 aromatic heterocycles. The summed E-state index contributed by atoms with van der Waals surface area (Å²) in [5, 5.41) is 41.4. The van der Waals surface area contributed by atoms with Gasteiger partial charge in [0.2, 0.25) is 11.7 Å². The fraction of sp³-hybridized carbons (Fsp3) is 0.812. The summed E-state index contributed by atoms with van der Waals surface area (Å²) in [5.74, 6) is -2.87. The van der Waals surface area contributed by atoms with Crippen LogP contribution in [0.25, 0.3) is 0 Å². The highest BCUT2D eigenvalue weighted by Gasteiger charge is 2.51. The van der Waals surface area contributed by atoms with Gasteiger partial charge in [0.05, 0.1) is 13.2 Å². The number of nitrogens with one attached hydrogen (secondary N) is 1. The Morgan fingerprint density at radius 1 is 1.04 bits per heavy atom. The van der Waals surface area contributed by atoms with E-state index >= 15 is 0 Å². The third kappa shape index (κ3) is 6.71. The highest BCUT2D eigenvalue weighted by Crippen LogP contribution is 2.25. The molecule has 152 valence electrons. The zero-order valence-corrected chi connectivity index (χ0v) is 15.1. The monoisotopic (exact) mass is 377 g/mol. The Hall–Kier alpha value is -1.43. The molecule has 0 aliphatic rings. The first-order valence-electron chi connectivity index (χ1n) is 8.59. The summed E-state index contributed by atoms with van der Waals surface area (Å²) in [4.78, 5) is 36.1. The molecule has 0 saturated carbocycles. The molecule has 4 atom stereocenters. The van der Waals surface area contributed by atoms with E-state index in [1.165, 1.54) is 0 Å². The maximum absolute atomic E-state index is 12.6. The topological polar surface area (TPSA) is 196 Å². The molecule has 0 radical (unpaired) electrons. The Morgan fingerprint density at radius 2 is 1.62 bits per heavy atom. The molecule has 0 aromatic carbocycles. The van der Waals surface area contributed by atoms with Crippen LogP contribution in [0.3, 0.4) is 0 Å². The van der Waals surface area contributed by atoms with E-state index in [-0.39, 0.29) is 6.42 Å². The third-order valence-electron chi connectivity index (χ3n) is 4.21. The molecule has 26 heavy (non-hydrogen) atoms. The number of amides is 1. The predicted octanol–water partition coefficient (Wildman–Crippen LogP) is -3.06. The van der Waals surface area contributed by atoms with Gasteiger partial charge < -0.3 is 37.2 Å². The maximum Gasteiger partial charge on any atom is 0.234 e. The first-order chi connectivity index (χ1) is 12.2. The van der Waals surface area contributed by atoms with Gasteiger partial charge in [-0.05, 0) is 19.4 Å². The second-order valence-corrected chi connectivity index (χ2v) is 6.25. The summed E-state index contributed by atoms with van der Waals surface area (Å²) < 4.78 is 0. The number of Topliss-reactive ketones (excluding diaryl/α,β-unsaturated/α-hetero) is 2. The number of ketones is 2. The van der Waals surface area contributed by atoms with Gasteiger partial charge in [0.1, 0.15) is 23.9 Å². The molecule has 1 amide bonds. The number of carbonyl (C=O) groups excluding carboxylic acids is 3. The van der Waals surface area contributed by atoms with Crippen LogP contribution in [0, 0.1) is 0 Å². The first-order valence-corrected chi connectivity index (χ1v) is 8.59. The fourth-order valence-electron chi connectivity index (χ4n) is 2.71. The maximum atomic E-state index is 12.6. The summed E-state index contributed by atoms with van der Waals surface area (Å²) in [6.45, 7) is 0.0719. The van der Waals surface area contributed by atoms with Crippen LogP contribution >= 0.6 is 0 Å². The van der Waals surface area contributed by atoms with Crippen molar-refractivity contribution in [3.8, 4) is 0 Å². The summed E-state index contributed by atoms with van der Waals surface area (Å²) in [5.41, 5.74) is 8.51. The molecule has 0 heterocycles.